The first-order chi connectivity index (χ1) is 19.8. The van der Waals surface area contributed by atoms with Gasteiger partial charge in [-0.05, 0) is 25.8 Å². The van der Waals surface area contributed by atoms with Crippen molar-refractivity contribution in [3.8, 4) is 22.4 Å². The zero-order valence-corrected chi connectivity index (χ0v) is 22.3. The molecule has 12 heteroatoms. The van der Waals surface area contributed by atoms with Gasteiger partial charge in [-0.2, -0.15) is 9.61 Å². The standard InChI is InChI=1S/C29H28N8O4/c1-16(38)24-25(18-9-11-36(12-10-18)28(40)22-13-23(39)34-29(41)33-22)35-27-20(15-32-37(27)26(24)30)19-7-8-21(31-14-19)17-5-3-2-4-6-17/h2-8,14-15,18,22H,9-13,30H2,1H3,(H2,33,34,39,41)/t22-/m1/s1. The van der Waals surface area contributed by atoms with E-state index in [9.17, 15) is 19.2 Å². The Morgan fingerprint density at radius 3 is 2.41 bits per heavy atom. The lowest BCUT2D eigenvalue weighted by molar-refractivity contribution is -0.137. The monoisotopic (exact) mass is 552 g/mol. The summed E-state index contributed by atoms with van der Waals surface area (Å²) in [4.78, 5) is 60.3. The molecule has 41 heavy (non-hydrogen) atoms. The Labute approximate surface area is 235 Å². The highest BCUT2D eigenvalue weighted by atomic mass is 16.2. The molecule has 6 rings (SSSR count). The molecule has 0 radical (unpaired) electrons. The summed E-state index contributed by atoms with van der Waals surface area (Å²) in [5, 5.41) is 9.09. The molecule has 2 fully saturated rings. The van der Waals surface area contributed by atoms with E-state index in [4.69, 9.17) is 10.7 Å². The number of ketones is 1. The number of nitrogens with two attached hydrogens (primary N) is 1. The van der Waals surface area contributed by atoms with Crippen LogP contribution in [0.2, 0.25) is 0 Å². The average Bonchev–Trinajstić information content (AvgIpc) is 3.41. The summed E-state index contributed by atoms with van der Waals surface area (Å²) >= 11 is 0. The summed E-state index contributed by atoms with van der Waals surface area (Å²) in [6, 6.07) is 12.2. The maximum Gasteiger partial charge on any atom is 0.322 e. The average molecular weight is 553 g/mol. The highest BCUT2D eigenvalue weighted by molar-refractivity contribution is 6.02. The van der Waals surface area contributed by atoms with E-state index >= 15 is 0 Å². The van der Waals surface area contributed by atoms with Crippen LogP contribution in [0.4, 0.5) is 10.6 Å². The van der Waals surface area contributed by atoms with Crippen LogP contribution < -0.4 is 16.4 Å². The first kappa shape index (κ1) is 26.1. The van der Waals surface area contributed by atoms with Crippen molar-refractivity contribution < 1.29 is 19.2 Å². The molecule has 0 saturated carbocycles. The quantitative estimate of drug-likeness (QED) is 0.318. The zero-order chi connectivity index (χ0) is 28.7. The Balaban J connectivity index is 1.28. The smallest absolute Gasteiger partial charge is 0.322 e. The van der Waals surface area contributed by atoms with Crippen molar-refractivity contribution >= 4 is 35.1 Å². The Hall–Kier alpha value is -5.13. The second-order valence-corrected chi connectivity index (χ2v) is 10.3. The Morgan fingerprint density at radius 2 is 1.76 bits per heavy atom. The van der Waals surface area contributed by atoms with Gasteiger partial charge in [0.05, 0.1) is 29.6 Å². The molecule has 0 aliphatic carbocycles. The third-order valence-electron chi connectivity index (χ3n) is 7.65. The molecule has 4 aromatic rings. The van der Waals surface area contributed by atoms with E-state index in [-0.39, 0.29) is 29.8 Å². The molecule has 12 nitrogen and oxygen atoms in total. The van der Waals surface area contributed by atoms with Gasteiger partial charge in [-0.3, -0.25) is 24.7 Å². The number of anilines is 1. The van der Waals surface area contributed by atoms with Gasteiger partial charge in [-0.25, -0.2) is 9.78 Å². The van der Waals surface area contributed by atoms with Crippen LogP contribution in [0.3, 0.4) is 0 Å². The number of piperidine rings is 1. The number of urea groups is 1. The minimum absolute atomic E-state index is 0.0983. The molecule has 1 aromatic carbocycles. The number of hydrogen-bond acceptors (Lipinski definition) is 8. The molecule has 208 valence electrons. The molecular weight excluding hydrogens is 524 g/mol. The third kappa shape index (κ3) is 4.88. The number of nitrogens with zero attached hydrogens (tertiary/aromatic N) is 5. The molecular formula is C29H28N8O4. The van der Waals surface area contributed by atoms with Crippen molar-refractivity contribution in [1.82, 2.24) is 35.1 Å². The van der Waals surface area contributed by atoms with Gasteiger partial charge in [0.15, 0.2) is 11.4 Å². The van der Waals surface area contributed by atoms with E-state index < -0.39 is 18.0 Å². The van der Waals surface area contributed by atoms with Crippen molar-refractivity contribution in [2.45, 2.75) is 38.1 Å². The fourth-order valence-corrected chi connectivity index (χ4v) is 5.58. The van der Waals surface area contributed by atoms with E-state index in [1.807, 2.05) is 42.5 Å². The van der Waals surface area contributed by atoms with Gasteiger partial charge in [0, 0.05) is 41.9 Å². The Bertz CT molecular complexity index is 1660. The summed E-state index contributed by atoms with van der Waals surface area (Å²) in [5.74, 6) is -0.913. The van der Waals surface area contributed by atoms with Crippen molar-refractivity contribution in [3.05, 3.63) is 66.1 Å². The van der Waals surface area contributed by atoms with E-state index in [0.717, 1.165) is 22.4 Å². The molecule has 0 bridgehead atoms. The van der Waals surface area contributed by atoms with Crippen molar-refractivity contribution in [3.63, 3.8) is 0 Å². The second-order valence-electron chi connectivity index (χ2n) is 10.3. The van der Waals surface area contributed by atoms with Gasteiger partial charge in [0.25, 0.3) is 0 Å². The summed E-state index contributed by atoms with van der Waals surface area (Å²) in [6.45, 7) is 2.23. The third-order valence-corrected chi connectivity index (χ3v) is 7.65. The molecule has 4 amide bonds. The fourth-order valence-electron chi connectivity index (χ4n) is 5.58. The molecule has 5 heterocycles. The van der Waals surface area contributed by atoms with Gasteiger partial charge in [-0.1, -0.05) is 36.4 Å². The first-order valence-corrected chi connectivity index (χ1v) is 13.4. The fraction of sp³-hybridized carbons (Fsp3) is 0.276. The lowest BCUT2D eigenvalue weighted by Crippen LogP contribution is -2.58. The van der Waals surface area contributed by atoms with Gasteiger partial charge >= 0.3 is 6.03 Å². The highest BCUT2D eigenvalue weighted by Gasteiger charge is 2.35. The maximum atomic E-state index is 13.0. The molecule has 2 aliphatic heterocycles. The van der Waals surface area contributed by atoms with Crippen LogP contribution in [0.5, 0.6) is 0 Å². The maximum absolute atomic E-state index is 13.0. The number of pyridine rings is 1. The normalized spacial score (nSPS) is 17.8. The summed E-state index contributed by atoms with van der Waals surface area (Å²) < 4.78 is 1.48. The van der Waals surface area contributed by atoms with Crippen LogP contribution in [0.1, 0.15) is 48.2 Å². The Morgan fingerprint density at radius 1 is 1.00 bits per heavy atom. The van der Waals surface area contributed by atoms with Crippen LogP contribution in [0, 0.1) is 0 Å². The number of benzene rings is 1. The van der Waals surface area contributed by atoms with Crippen molar-refractivity contribution in [1.29, 1.82) is 0 Å². The molecule has 2 aliphatic rings. The predicted molar refractivity (Wildman–Crippen MR) is 150 cm³/mol. The SMILES string of the molecule is CC(=O)c1c(C2CCN(C(=O)[C@H]3CC(=O)NC(=O)N3)CC2)nc2c(-c3ccc(-c4ccccc4)nc3)cnn2c1N. The number of amides is 4. The number of Topliss-reactive ketones (excluding diaryl/α,β-unsaturated/α-hetero) is 1. The number of likely N-dealkylation sites (tertiary alicyclic amines) is 1. The molecule has 0 spiro atoms. The number of carbonyl (C=O) groups is 4. The summed E-state index contributed by atoms with van der Waals surface area (Å²) in [6.07, 6.45) is 4.42. The van der Waals surface area contributed by atoms with Gasteiger partial charge in [0.2, 0.25) is 11.8 Å². The number of nitrogen functional groups attached to an aromatic ring is 1. The van der Waals surface area contributed by atoms with Gasteiger partial charge < -0.3 is 16.0 Å². The van der Waals surface area contributed by atoms with Crippen LogP contribution in [-0.4, -0.2) is 67.2 Å². The van der Waals surface area contributed by atoms with E-state index in [2.05, 4.69) is 20.7 Å². The van der Waals surface area contributed by atoms with Gasteiger partial charge in [-0.15, -0.1) is 0 Å². The van der Waals surface area contributed by atoms with E-state index in [1.165, 1.54) is 11.4 Å². The number of nitrogens with one attached hydrogen (secondary N) is 2. The lowest BCUT2D eigenvalue weighted by Gasteiger charge is -2.35. The van der Waals surface area contributed by atoms with E-state index in [1.54, 1.807) is 17.3 Å². The highest BCUT2D eigenvalue weighted by Crippen LogP contribution is 2.35. The molecule has 2 saturated heterocycles. The van der Waals surface area contributed by atoms with E-state index in [0.29, 0.717) is 42.8 Å². The van der Waals surface area contributed by atoms with Crippen LogP contribution in [0.15, 0.2) is 54.9 Å². The topological polar surface area (TPSA) is 165 Å². The predicted octanol–water partition coefficient (Wildman–Crippen LogP) is 2.55. The van der Waals surface area contributed by atoms with Crippen molar-refractivity contribution in [2.24, 2.45) is 0 Å². The molecule has 0 unspecified atom stereocenters. The van der Waals surface area contributed by atoms with Crippen LogP contribution >= 0.6 is 0 Å². The number of carbonyl (C=O) groups excluding carboxylic acids is 4. The minimum atomic E-state index is -0.887. The zero-order valence-electron chi connectivity index (χ0n) is 22.3. The number of rotatable bonds is 5. The molecule has 1 atom stereocenters. The largest absolute Gasteiger partial charge is 0.383 e. The first-order valence-electron chi connectivity index (χ1n) is 13.4. The summed E-state index contributed by atoms with van der Waals surface area (Å²) in [5.41, 5.74) is 11.3. The number of aromatic nitrogens is 4. The second kappa shape index (κ2) is 10.5. The van der Waals surface area contributed by atoms with Crippen LogP contribution in [-0.2, 0) is 9.59 Å². The lowest BCUT2D eigenvalue weighted by atomic mass is 9.89. The number of hydrogen-bond donors (Lipinski definition) is 3. The van der Waals surface area contributed by atoms with Gasteiger partial charge in [0.1, 0.15) is 11.9 Å². The number of fused-ring (bicyclic) bond motifs is 1. The van der Waals surface area contributed by atoms with Crippen molar-refractivity contribution in [2.75, 3.05) is 18.8 Å². The summed E-state index contributed by atoms with van der Waals surface area (Å²) in [7, 11) is 0. The Kier molecular flexibility index (Phi) is 6.66. The number of imide groups is 1. The molecule has 3 aromatic heterocycles. The molecule has 4 N–H and O–H groups in total. The minimum Gasteiger partial charge on any atom is -0.383 e. The van der Waals surface area contributed by atoms with Crippen LogP contribution in [0.25, 0.3) is 28.0 Å².